The Balaban J connectivity index is 0. The summed E-state index contributed by atoms with van der Waals surface area (Å²) in [6.45, 7) is 2.07. The molecule has 0 fully saturated rings. The maximum Gasteiger partial charge on any atom is 0.302 e. The first-order valence-electron chi connectivity index (χ1n) is 4.98. The van der Waals surface area contributed by atoms with E-state index < -0.39 is 27.9 Å². The number of hydrogen-bond acceptors (Lipinski definition) is 7. The van der Waals surface area contributed by atoms with E-state index in [1.165, 1.54) is 13.8 Å². The van der Waals surface area contributed by atoms with Crippen LogP contribution < -0.4 is 5.73 Å². The molecule has 9 heteroatoms. The number of esters is 2. The summed E-state index contributed by atoms with van der Waals surface area (Å²) in [5.41, 5.74) is 5.28. The van der Waals surface area contributed by atoms with Gasteiger partial charge in [0, 0.05) is 20.4 Å². The molecule has 0 rings (SSSR count). The smallest absolute Gasteiger partial charge is 0.302 e. The minimum Gasteiger partial charge on any atom is -0.465 e. The normalized spacial score (nSPS) is 12.2. The van der Waals surface area contributed by atoms with Crippen LogP contribution in [-0.2, 0) is 28.9 Å². The molecule has 0 saturated heterocycles. The Kier molecular flexibility index (Phi) is 9.87. The Morgan fingerprint density at radius 1 is 1.22 bits per heavy atom. The van der Waals surface area contributed by atoms with E-state index in [9.17, 15) is 18.0 Å². The fraction of sp³-hybridized carbons (Fsp3) is 0.778. The molecule has 0 aliphatic heterocycles. The highest BCUT2D eigenvalue weighted by atomic mass is 35.5. The van der Waals surface area contributed by atoms with Crippen molar-refractivity contribution in [3.63, 3.8) is 0 Å². The number of nitrogens with two attached hydrogens (primary N) is 1. The predicted octanol–water partition coefficient (Wildman–Crippen LogP) is -0.723. The highest BCUT2D eigenvalue weighted by Gasteiger charge is 2.20. The maximum absolute atomic E-state index is 11.5. The van der Waals surface area contributed by atoms with E-state index in [1.54, 1.807) is 0 Å². The van der Waals surface area contributed by atoms with Crippen LogP contribution in [0.3, 0.4) is 0 Å². The van der Waals surface area contributed by atoms with E-state index in [-0.39, 0.29) is 37.1 Å². The molecule has 0 aliphatic rings. The molecule has 0 amide bonds. The third-order valence-electron chi connectivity index (χ3n) is 1.74. The van der Waals surface area contributed by atoms with Gasteiger partial charge >= 0.3 is 11.9 Å². The Bertz CT molecular complexity index is 369. The van der Waals surface area contributed by atoms with E-state index in [1.807, 2.05) is 0 Å². The van der Waals surface area contributed by atoms with Gasteiger partial charge in [0.25, 0.3) is 0 Å². The number of carbonyl (C=O) groups excluding carboxylic acids is 2. The molecule has 0 aliphatic carbocycles. The molecule has 0 aromatic heterocycles. The zero-order chi connectivity index (χ0) is 13.5. The predicted molar refractivity (Wildman–Crippen MR) is 67.1 cm³/mol. The molecule has 1 unspecified atom stereocenters. The van der Waals surface area contributed by atoms with Crippen molar-refractivity contribution >= 4 is 34.2 Å². The maximum atomic E-state index is 11.5. The highest BCUT2D eigenvalue weighted by Crippen LogP contribution is 2.00. The summed E-state index contributed by atoms with van der Waals surface area (Å²) in [7, 11) is -3.47. The van der Waals surface area contributed by atoms with E-state index >= 15 is 0 Å². The molecular formula is C9H18ClNO6S. The highest BCUT2D eigenvalue weighted by molar-refractivity contribution is 7.91. The van der Waals surface area contributed by atoms with Crippen molar-refractivity contribution in [2.45, 2.75) is 20.0 Å². The van der Waals surface area contributed by atoms with Crippen molar-refractivity contribution in [3.8, 4) is 0 Å². The van der Waals surface area contributed by atoms with Crippen LogP contribution in [0.25, 0.3) is 0 Å². The van der Waals surface area contributed by atoms with Gasteiger partial charge in [-0.2, -0.15) is 0 Å². The Morgan fingerprint density at radius 3 is 2.17 bits per heavy atom. The largest absolute Gasteiger partial charge is 0.465 e. The number of ether oxygens (including phenoxy) is 2. The summed E-state index contributed by atoms with van der Waals surface area (Å²) < 4.78 is 32.3. The monoisotopic (exact) mass is 303 g/mol. The summed E-state index contributed by atoms with van der Waals surface area (Å²) in [5, 5.41) is 0. The molecule has 2 N–H and O–H groups in total. The number of halogens is 1. The van der Waals surface area contributed by atoms with Crippen molar-refractivity contribution in [2.75, 3.05) is 24.7 Å². The van der Waals surface area contributed by atoms with Crippen LogP contribution in [0.2, 0.25) is 0 Å². The lowest BCUT2D eigenvalue weighted by molar-refractivity contribution is -0.144. The fourth-order valence-corrected chi connectivity index (χ4v) is 2.34. The van der Waals surface area contributed by atoms with Crippen LogP contribution in [0.1, 0.15) is 13.8 Å². The van der Waals surface area contributed by atoms with E-state index in [2.05, 4.69) is 4.74 Å². The van der Waals surface area contributed by atoms with Gasteiger partial charge < -0.3 is 15.2 Å². The molecule has 7 nitrogen and oxygen atoms in total. The second-order valence-corrected chi connectivity index (χ2v) is 5.65. The number of carbonyl (C=O) groups is 2. The number of hydrogen-bond donors (Lipinski definition) is 1. The van der Waals surface area contributed by atoms with E-state index in [0.717, 1.165) is 0 Å². The Morgan fingerprint density at radius 2 is 1.78 bits per heavy atom. The average molecular weight is 304 g/mol. The Labute approximate surface area is 112 Å². The molecule has 0 aromatic carbocycles. The van der Waals surface area contributed by atoms with Crippen molar-refractivity contribution in [3.05, 3.63) is 0 Å². The van der Waals surface area contributed by atoms with Crippen molar-refractivity contribution < 1.29 is 27.5 Å². The van der Waals surface area contributed by atoms with Gasteiger partial charge in [-0.05, 0) is 0 Å². The zero-order valence-electron chi connectivity index (χ0n) is 10.2. The first-order chi connectivity index (χ1) is 7.76. The minimum absolute atomic E-state index is 0. The molecule has 0 heterocycles. The summed E-state index contributed by atoms with van der Waals surface area (Å²) in [6, 6.07) is 0. The lowest BCUT2D eigenvalue weighted by Crippen LogP contribution is -2.34. The van der Waals surface area contributed by atoms with Crippen LogP contribution in [0, 0.1) is 0 Å². The van der Waals surface area contributed by atoms with Crippen molar-refractivity contribution in [1.82, 2.24) is 0 Å². The molecule has 0 bridgehead atoms. The van der Waals surface area contributed by atoms with Crippen molar-refractivity contribution in [2.24, 2.45) is 5.73 Å². The minimum atomic E-state index is -3.47. The van der Waals surface area contributed by atoms with Crippen molar-refractivity contribution in [1.29, 1.82) is 0 Å². The summed E-state index contributed by atoms with van der Waals surface area (Å²) >= 11 is 0. The molecule has 0 spiro atoms. The third kappa shape index (κ3) is 10.3. The Hall–Kier alpha value is -0.860. The van der Waals surface area contributed by atoms with Gasteiger partial charge in [-0.15, -0.1) is 12.4 Å². The fourth-order valence-electron chi connectivity index (χ4n) is 1.06. The van der Waals surface area contributed by atoms with Gasteiger partial charge in [-0.1, -0.05) is 0 Å². The van der Waals surface area contributed by atoms with Crippen LogP contribution >= 0.6 is 12.4 Å². The van der Waals surface area contributed by atoms with Gasteiger partial charge in [0.15, 0.2) is 9.84 Å². The first kappa shape index (κ1) is 19.5. The lowest BCUT2D eigenvalue weighted by Gasteiger charge is -2.14. The molecular weight excluding hydrogens is 286 g/mol. The van der Waals surface area contributed by atoms with Gasteiger partial charge in [-0.3, -0.25) is 9.59 Å². The summed E-state index contributed by atoms with van der Waals surface area (Å²) in [5.74, 6) is -1.82. The van der Waals surface area contributed by atoms with Gasteiger partial charge in [-0.25, -0.2) is 8.42 Å². The standard InChI is InChI=1S/C9H17NO6S.ClH/c1-7(11)15-3-4-17(13,14)6-9(5-10)16-8(2)12;/h9H,3-6,10H2,1-2H3;1H. The van der Waals surface area contributed by atoms with Crippen LogP contribution in [-0.4, -0.2) is 51.1 Å². The van der Waals surface area contributed by atoms with E-state index in [4.69, 9.17) is 10.5 Å². The van der Waals surface area contributed by atoms with Crippen LogP contribution in [0.15, 0.2) is 0 Å². The SMILES string of the molecule is CC(=O)OCCS(=O)(=O)CC(CN)OC(C)=O.Cl. The quantitative estimate of drug-likeness (QED) is 0.617. The molecule has 0 saturated carbocycles. The van der Waals surface area contributed by atoms with Crippen LogP contribution in [0.4, 0.5) is 0 Å². The van der Waals surface area contributed by atoms with E-state index in [0.29, 0.717) is 0 Å². The molecule has 18 heavy (non-hydrogen) atoms. The second-order valence-electron chi connectivity index (χ2n) is 3.42. The van der Waals surface area contributed by atoms with Crippen LogP contribution in [0.5, 0.6) is 0 Å². The van der Waals surface area contributed by atoms with Gasteiger partial charge in [0.1, 0.15) is 12.7 Å². The topological polar surface area (TPSA) is 113 Å². The summed E-state index contributed by atoms with van der Waals surface area (Å²) in [6.07, 6.45) is -0.866. The van der Waals surface area contributed by atoms with Gasteiger partial charge in [0.05, 0.1) is 11.5 Å². The lowest BCUT2D eigenvalue weighted by atomic mass is 10.4. The summed E-state index contributed by atoms with van der Waals surface area (Å²) in [4.78, 5) is 21.1. The first-order valence-corrected chi connectivity index (χ1v) is 6.80. The second kappa shape index (κ2) is 9.12. The molecule has 0 aromatic rings. The number of sulfone groups is 1. The molecule has 0 radical (unpaired) electrons. The third-order valence-corrected chi connectivity index (χ3v) is 3.40. The molecule has 108 valence electrons. The van der Waals surface area contributed by atoms with Gasteiger partial charge in [0.2, 0.25) is 0 Å². The zero-order valence-corrected chi connectivity index (χ0v) is 11.9. The molecule has 1 atom stereocenters. The number of rotatable bonds is 7. The average Bonchev–Trinajstić information content (AvgIpc) is 2.14.